The summed E-state index contributed by atoms with van der Waals surface area (Å²) >= 11 is 0. The summed E-state index contributed by atoms with van der Waals surface area (Å²) in [6, 6.07) is 8.96. The van der Waals surface area contributed by atoms with E-state index in [1.165, 1.54) is 16.7 Å². The van der Waals surface area contributed by atoms with Crippen molar-refractivity contribution in [3.63, 3.8) is 0 Å². The first kappa shape index (κ1) is 28.9. The van der Waals surface area contributed by atoms with Crippen LogP contribution in [0.25, 0.3) is 0 Å². The first-order valence-electron chi connectivity index (χ1n) is 15.3. The van der Waals surface area contributed by atoms with E-state index in [-0.39, 0.29) is 18.1 Å². The van der Waals surface area contributed by atoms with Crippen molar-refractivity contribution < 1.29 is 14.2 Å². The lowest BCUT2D eigenvalue weighted by Crippen LogP contribution is -2.41. The smallest absolute Gasteiger partial charge is 0.158 e. The lowest BCUT2D eigenvalue weighted by molar-refractivity contribution is 0.0846. The monoisotopic (exact) mass is 574 g/mol. The normalized spacial score (nSPS) is 32.1. The van der Waals surface area contributed by atoms with Crippen LogP contribution >= 0.6 is 0 Å². The molecule has 0 amide bonds. The summed E-state index contributed by atoms with van der Waals surface area (Å²) in [6.45, 7) is 5.50. The van der Waals surface area contributed by atoms with Crippen LogP contribution < -0.4 is 5.32 Å². The van der Waals surface area contributed by atoms with Crippen molar-refractivity contribution in [3.05, 3.63) is 148 Å². The maximum absolute atomic E-state index is 6.33. The van der Waals surface area contributed by atoms with E-state index in [1.807, 2.05) is 0 Å². The molecule has 43 heavy (non-hydrogen) atoms. The summed E-state index contributed by atoms with van der Waals surface area (Å²) in [4.78, 5) is 2.45. The molecule has 1 aromatic carbocycles. The Morgan fingerprint density at radius 3 is 2.47 bits per heavy atom. The number of nitrogens with one attached hydrogen (secondary N) is 1. The van der Waals surface area contributed by atoms with Crippen LogP contribution in [0.3, 0.4) is 0 Å². The molecule has 0 spiro atoms. The number of allylic oxidation sites excluding steroid dienone is 9. The molecule has 0 saturated carbocycles. The number of hydrogen-bond donors (Lipinski definition) is 1. The minimum absolute atomic E-state index is 0.0620. The molecule has 6 rings (SSSR count). The largest absolute Gasteiger partial charge is 0.495 e. The Hall–Kier alpha value is -4.22. The maximum atomic E-state index is 6.33. The van der Waals surface area contributed by atoms with Crippen LogP contribution in [0.5, 0.6) is 0 Å². The molecule has 4 atom stereocenters. The highest BCUT2D eigenvalue weighted by molar-refractivity contribution is 5.59. The fraction of sp³-hybridized carbons (Fsp3) is 0.316. The van der Waals surface area contributed by atoms with Gasteiger partial charge < -0.3 is 24.4 Å². The van der Waals surface area contributed by atoms with Gasteiger partial charge in [-0.2, -0.15) is 0 Å². The zero-order valence-corrected chi connectivity index (χ0v) is 25.6. The third-order valence-electron chi connectivity index (χ3n) is 8.97. The Morgan fingerprint density at radius 2 is 1.70 bits per heavy atom. The van der Waals surface area contributed by atoms with Crippen molar-refractivity contribution in [2.24, 2.45) is 5.92 Å². The molecule has 1 aromatic rings. The van der Waals surface area contributed by atoms with Crippen LogP contribution in [0.4, 0.5) is 5.69 Å². The van der Waals surface area contributed by atoms with Gasteiger partial charge in [0.05, 0.1) is 39.5 Å². The molecule has 5 nitrogen and oxygen atoms in total. The molecule has 1 N–H and O–H groups in total. The van der Waals surface area contributed by atoms with Crippen LogP contribution in [0.1, 0.15) is 38.2 Å². The summed E-state index contributed by atoms with van der Waals surface area (Å²) < 4.78 is 18.2. The lowest BCUT2D eigenvalue weighted by Gasteiger charge is -2.41. The molecule has 2 heterocycles. The lowest BCUT2D eigenvalue weighted by atomic mass is 9.86. The van der Waals surface area contributed by atoms with E-state index in [0.717, 1.165) is 47.0 Å². The van der Waals surface area contributed by atoms with Gasteiger partial charge in [0, 0.05) is 34.5 Å². The first-order chi connectivity index (χ1) is 21.1. The number of ether oxygens (including phenoxy) is 3. The van der Waals surface area contributed by atoms with E-state index in [2.05, 4.69) is 127 Å². The summed E-state index contributed by atoms with van der Waals surface area (Å²) in [5.41, 5.74) is 8.32. The number of anilines is 1. The van der Waals surface area contributed by atoms with E-state index in [4.69, 9.17) is 14.2 Å². The summed E-state index contributed by atoms with van der Waals surface area (Å²) in [6.07, 6.45) is 30.5. The molecule has 222 valence electrons. The van der Waals surface area contributed by atoms with Crippen molar-refractivity contribution in [3.8, 4) is 0 Å². The number of nitrogens with zero attached hydrogens (tertiary/aromatic N) is 1. The average molecular weight is 575 g/mol. The number of fused-ring (bicyclic) bond motifs is 2. The predicted molar refractivity (Wildman–Crippen MR) is 175 cm³/mol. The fourth-order valence-electron chi connectivity index (χ4n) is 6.66. The first-order valence-corrected chi connectivity index (χ1v) is 15.3. The molecule has 2 aliphatic heterocycles. The zero-order chi connectivity index (χ0) is 29.8. The van der Waals surface area contributed by atoms with Crippen molar-refractivity contribution in [1.82, 2.24) is 4.90 Å². The van der Waals surface area contributed by atoms with Gasteiger partial charge in [0.1, 0.15) is 0 Å². The number of methoxy groups -OCH3 is 2. The third-order valence-corrected chi connectivity index (χ3v) is 8.97. The van der Waals surface area contributed by atoms with Gasteiger partial charge in [-0.3, -0.25) is 0 Å². The fourth-order valence-corrected chi connectivity index (χ4v) is 6.66. The minimum Gasteiger partial charge on any atom is -0.495 e. The molecular formula is C38H42N2O3. The van der Waals surface area contributed by atoms with Crippen molar-refractivity contribution in [2.75, 3.05) is 32.7 Å². The van der Waals surface area contributed by atoms with Crippen LogP contribution in [0.2, 0.25) is 0 Å². The Morgan fingerprint density at radius 1 is 0.884 bits per heavy atom. The summed E-state index contributed by atoms with van der Waals surface area (Å²) in [7, 11) is 3.44. The van der Waals surface area contributed by atoms with Gasteiger partial charge in [0.2, 0.25) is 0 Å². The van der Waals surface area contributed by atoms with Crippen LogP contribution in [0, 0.1) is 5.92 Å². The molecule has 0 fully saturated rings. The number of benzene rings is 1. The Labute approximate surface area is 256 Å². The SMILES string of the molecule is COC1=C(\OC)CN(C2=C/COC3C=CC=CC3\C(C)=C\2)C2CC=CC(Nc3ccc(C4C=CC=CC4)cc3)=C2\C(C)=C\1. The van der Waals surface area contributed by atoms with Gasteiger partial charge in [-0.1, -0.05) is 72.4 Å². The molecule has 0 aromatic heterocycles. The second-order valence-electron chi connectivity index (χ2n) is 11.6. The van der Waals surface area contributed by atoms with Crippen molar-refractivity contribution in [2.45, 2.75) is 44.8 Å². The van der Waals surface area contributed by atoms with E-state index in [9.17, 15) is 0 Å². The average Bonchev–Trinajstić information content (AvgIpc) is 3.03. The van der Waals surface area contributed by atoms with Gasteiger partial charge in [-0.05, 0) is 74.3 Å². The van der Waals surface area contributed by atoms with Gasteiger partial charge in [-0.15, -0.1) is 0 Å². The van der Waals surface area contributed by atoms with Gasteiger partial charge in [-0.25, -0.2) is 0 Å². The van der Waals surface area contributed by atoms with Gasteiger partial charge in [0.25, 0.3) is 0 Å². The molecule has 0 bridgehead atoms. The molecule has 5 aliphatic rings. The van der Waals surface area contributed by atoms with E-state index >= 15 is 0 Å². The predicted octanol–water partition coefficient (Wildman–Crippen LogP) is 8.02. The summed E-state index contributed by atoms with van der Waals surface area (Å²) in [5.74, 6) is 2.21. The second kappa shape index (κ2) is 13.0. The van der Waals surface area contributed by atoms with E-state index < -0.39 is 0 Å². The van der Waals surface area contributed by atoms with Crippen LogP contribution in [-0.4, -0.2) is 44.4 Å². The van der Waals surface area contributed by atoms with Gasteiger partial charge >= 0.3 is 0 Å². The molecular weight excluding hydrogens is 532 g/mol. The molecule has 0 radical (unpaired) electrons. The molecule has 4 unspecified atom stereocenters. The standard InChI is InChI=1S/C38H42N2O3/c1-26-23-31(21-22-43-35-16-9-8-13-32(26)35)40-25-37(42-4)36(41-3)24-27(2)38-33(14-10-15-34(38)40)39-30-19-17-29(18-20-30)28-11-6-5-7-12-28/h5-11,13-14,16-21,23-24,28,32,34-35,39H,12,15,22,25H2,1-4H3/b26-23+,27-24+,31-21+,37-36-. The number of rotatable bonds is 6. The van der Waals surface area contributed by atoms with Crippen LogP contribution in [-0.2, 0) is 14.2 Å². The van der Waals surface area contributed by atoms with Crippen LogP contribution in [0.15, 0.2) is 143 Å². The zero-order valence-electron chi connectivity index (χ0n) is 25.6. The molecule has 0 saturated heterocycles. The molecule has 5 heteroatoms. The molecule has 3 aliphatic carbocycles. The highest BCUT2D eigenvalue weighted by Crippen LogP contribution is 2.38. The van der Waals surface area contributed by atoms with Crippen molar-refractivity contribution >= 4 is 5.69 Å². The quantitative estimate of drug-likeness (QED) is 0.373. The van der Waals surface area contributed by atoms with E-state index in [1.54, 1.807) is 14.2 Å². The Kier molecular flexibility index (Phi) is 8.71. The van der Waals surface area contributed by atoms with Gasteiger partial charge in [0.15, 0.2) is 11.5 Å². The number of hydrogen-bond acceptors (Lipinski definition) is 5. The topological polar surface area (TPSA) is 43.0 Å². The highest BCUT2D eigenvalue weighted by atomic mass is 16.5. The van der Waals surface area contributed by atoms with Crippen molar-refractivity contribution in [1.29, 1.82) is 0 Å². The summed E-state index contributed by atoms with van der Waals surface area (Å²) in [5, 5.41) is 3.77. The highest BCUT2D eigenvalue weighted by Gasteiger charge is 2.33. The van der Waals surface area contributed by atoms with E-state index in [0.29, 0.717) is 19.1 Å². The Bertz CT molecular complexity index is 1530. The maximum Gasteiger partial charge on any atom is 0.158 e. The Balaban J connectivity index is 1.38. The second-order valence-corrected chi connectivity index (χ2v) is 11.6. The minimum atomic E-state index is 0.0620. The third kappa shape index (κ3) is 6.14.